The Balaban J connectivity index is 1.61. The molecule has 21 heavy (non-hydrogen) atoms. The monoisotopic (exact) mass is 356 g/mol. The summed E-state index contributed by atoms with van der Waals surface area (Å²) in [5, 5.41) is 7.30. The van der Waals surface area contributed by atoms with E-state index in [1.54, 1.807) is 13.2 Å². The summed E-state index contributed by atoms with van der Waals surface area (Å²) in [5.41, 5.74) is 0.680. The zero-order valence-electron chi connectivity index (χ0n) is 12.8. The molecule has 1 fully saturated rings. The first-order chi connectivity index (χ1) is 10.2. The molecule has 1 aromatic heterocycles. The summed E-state index contributed by atoms with van der Waals surface area (Å²) in [6.07, 6.45) is 9.43. The molecule has 1 N–H and O–H groups in total. The van der Waals surface area contributed by atoms with E-state index in [0.29, 0.717) is 4.47 Å². The van der Waals surface area contributed by atoms with Crippen LogP contribution in [0.25, 0.3) is 0 Å². The first kappa shape index (κ1) is 16.5. The molecule has 0 amide bonds. The van der Waals surface area contributed by atoms with Crippen LogP contribution in [0.4, 0.5) is 5.69 Å². The molecular weight excluding hydrogens is 332 g/mol. The van der Waals surface area contributed by atoms with E-state index in [9.17, 15) is 4.79 Å². The minimum absolute atomic E-state index is 0.106. The molecule has 0 aromatic carbocycles. The number of halogens is 1. The van der Waals surface area contributed by atoms with E-state index in [4.69, 9.17) is 0 Å². The van der Waals surface area contributed by atoms with Gasteiger partial charge < -0.3 is 10.2 Å². The van der Waals surface area contributed by atoms with Crippen molar-refractivity contribution in [3.05, 3.63) is 21.0 Å². The normalized spacial score (nSPS) is 16.1. The lowest BCUT2D eigenvalue weighted by molar-refractivity contribution is 0.224. The molecule has 2 heterocycles. The molecule has 118 valence electrons. The number of aromatic nitrogens is 2. The largest absolute Gasteiger partial charge is 0.383 e. The fraction of sp³-hybridized carbons (Fsp3) is 0.733. The van der Waals surface area contributed by atoms with Crippen LogP contribution in [-0.2, 0) is 7.05 Å². The van der Waals surface area contributed by atoms with Crippen molar-refractivity contribution in [2.45, 2.75) is 38.5 Å². The van der Waals surface area contributed by atoms with Gasteiger partial charge in [0.1, 0.15) is 4.47 Å². The van der Waals surface area contributed by atoms with Crippen LogP contribution in [0.1, 0.15) is 38.5 Å². The minimum atomic E-state index is -0.106. The average molecular weight is 357 g/mol. The molecule has 0 saturated carbocycles. The molecule has 0 radical (unpaired) electrons. The number of likely N-dealkylation sites (tertiary alicyclic amines) is 1. The lowest BCUT2D eigenvalue weighted by Crippen LogP contribution is -2.30. The molecule has 6 heteroatoms. The predicted molar refractivity (Wildman–Crippen MR) is 89.8 cm³/mol. The smallest absolute Gasteiger partial charge is 0.282 e. The van der Waals surface area contributed by atoms with Crippen LogP contribution in [0.5, 0.6) is 0 Å². The molecule has 0 unspecified atom stereocenters. The van der Waals surface area contributed by atoms with Crippen LogP contribution in [0.15, 0.2) is 15.5 Å². The molecule has 0 aliphatic carbocycles. The minimum Gasteiger partial charge on any atom is -0.383 e. The zero-order valence-corrected chi connectivity index (χ0v) is 14.4. The standard InChI is InChI=1S/C15H25BrN4O/c1-19-15(21)14(16)13(12-18-19)17-8-4-2-5-9-20-10-6-3-7-11-20/h12,17H,2-11H2,1H3. The number of nitrogens with one attached hydrogen (secondary N) is 1. The van der Waals surface area contributed by atoms with Crippen molar-refractivity contribution in [3.63, 3.8) is 0 Å². The first-order valence-corrected chi connectivity index (χ1v) is 8.66. The number of unbranched alkanes of at least 4 members (excludes halogenated alkanes) is 2. The molecule has 2 rings (SSSR count). The van der Waals surface area contributed by atoms with Crippen molar-refractivity contribution in [2.24, 2.45) is 7.05 Å². The van der Waals surface area contributed by atoms with Crippen molar-refractivity contribution in [1.29, 1.82) is 0 Å². The van der Waals surface area contributed by atoms with E-state index in [0.717, 1.165) is 18.7 Å². The van der Waals surface area contributed by atoms with E-state index in [1.807, 2.05) is 0 Å². The highest BCUT2D eigenvalue weighted by atomic mass is 79.9. The van der Waals surface area contributed by atoms with Gasteiger partial charge in [0.05, 0.1) is 11.9 Å². The Hall–Kier alpha value is -0.880. The maximum atomic E-state index is 11.7. The van der Waals surface area contributed by atoms with Gasteiger partial charge in [0, 0.05) is 13.6 Å². The molecule has 1 saturated heterocycles. The predicted octanol–water partition coefficient (Wildman–Crippen LogP) is 2.61. The van der Waals surface area contributed by atoms with Gasteiger partial charge in [-0.05, 0) is 61.2 Å². The summed E-state index contributed by atoms with van der Waals surface area (Å²) in [4.78, 5) is 14.3. The highest BCUT2D eigenvalue weighted by Gasteiger charge is 2.09. The molecular formula is C15H25BrN4O. The number of nitrogens with zero attached hydrogens (tertiary/aromatic N) is 3. The first-order valence-electron chi connectivity index (χ1n) is 7.86. The average Bonchev–Trinajstić information content (AvgIpc) is 2.51. The molecule has 0 bridgehead atoms. The van der Waals surface area contributed by atoms with Crippen LogP contribution in [0, 0.1) is 0 Å². The van der Waals surface area contributed by atoms with Gasteiger partial charge in [-0.15, -0.1) is 0 Å². The van der Waals surface area contributed by atoms with Crippen LogP contribution in [0.2, 0.25) is 0 Å². The van der Waals surface area contributed by atoms with Gasteiger partial charge in [-0.25, -0.2) is 4.68 Å². The van der Waals surface area contributed by atoms with Gasteiger partial charge in [0.15, 0.2) is 0 Å². The second kappa shape index (κ2) is 8.54. The lowest BCUT2D eigenvalue weighted by atomic mass is 10.1. The summed E-state index contributed by atoms with van der Waals surface area (Å²) in [5.74, 6) is 0. The number of anilines is 1. The van der Waals surface area contributed by atoms with Gasteiger partial charge in [0.2, 0.25) is 0 Å². The Morgan fingerprint density at radius 2 is 2.00 bits per heavy atom. The molecule has 5 nitrogen and oxygen atoms in total. The summed E-state index contributed by atoms with van der Waals surface area (Å²) in [6, 6.07) is 0. The summed E-state index contributed by atoms with van der Waals surface area (Å²) in [6.45, 7) is 4.68. The summed E-state index contributed by atoms with van der Waals surface area (Å²) < 4.78 is 1.89. The van der Waals surface area contributed by atoms with Crippen molar-refractivity contribution in [3.8, 4) is 0 Å². The molecule has 1 aliphatic rings. The third-order valence-electron chi connectivity index (χ3n) is 3.99. The Kier molecular flexibility index (Phi) is 6.70. The summed E-state index contributed by atoms with van der Waals surface area (Å²) >= 11 is 3.32. The third kappa shape index (κ3) is 5.11. The van der Waals surface area contributed by atoms with Crippen LogP contribution < -0.4 is 10.9 Å². The van der Waals surface area contributed by atoms with Gasteiger partial charge in [0.25, 0.3) is 5.56 Å². The number of hydrogen-bond acceptors (Lipinski definition) is 4. The molecule has 1 aromatic rings. The van der Waals surface area contributed by atoms with Gasteiger partial charge in [-0.2, -0.15) is 5.10 Å². The second-order valence-corrected chi connectivity index (χ2v) is 6.48. The van der Waals surface area contributed by atoms with Crippen LogP contribution in [0.3, 0.4) is 0 Å². The zero-order chi connectivity index (χ0) is 15.1. The van der Waals surface area contributed by atoms with Crippen LogP contribution >= 0.6 is 15.9 Å². The molecule has 1 aliphatic heterocycles. The topological polar surface area (TPSA) is 50.2 Å². The highest BCUT2D eigenvalue weighted by Crippen LogP contribution is 2.16. The molecule has 0 spiro atoms. The number of hydrogen-bond donors (Lipinski definition) is 1. The van der Waals surface area contributed by atoms with E-state index < -0.39 is 0 Å². The third-order valence-corrected chi connectivity index (χ3v) is 4.76. The Labute approximate surface area is 134 Å². The van der Waals surface area contributed by atoms with Gasteiger partial charge >= 0.3 is 0 Å². The molecule has 0 atom stereocenters. The van der Waals surface area contributed by atoms with Crippen molar-refractivity contribution >= 4 is 21.6 Å². The lowest BCUT2D eigenvalue weighted by Gasteiger charge is -2.26. The van der Waals surface area contributed by atoms with Crippen molar-refractivity contribution < 1.29 is 0 Å². The van der Waals surface area contributed by atoms with E-state index in [2.05, 4.69) is 31.2 Å². The second-order valence-electron chi connectivity index (χ2n) is 5.69. The van der Waals surface area contributed by atoms with Gasteiger partial charge in [-0.3, -0.25) is 4.79 Å². The maximum Gasteiger partial charge on any atom is 0.282 e. The quantitative estimate of drug-likeness (QED) is 0.763. The number of piperidine rings is 1. The Morgan fingerprint density at radius 3 is 2.76 bits per heavy atom. The van der Waals surface area contributed by atoms with E-state index in [-0.39, 0.29) is 5.56 Å². The SMILES string of the molecule is Cn1ncc(NCCCCCN2CCCCC2)c(Br)c1=O. The Morgan fingerprint density at radius 1 is 1.24 bits per heavy atom. The van der Waals surface area contributed by atoms with Gasteiger partial charge in [-0.1, -0.05) is 12.8 Å². The summed E-state index contributed by atoms with van der Waals surface area (Å²) in [7, 11) is 1.65. The number of aryl methyl sites for hydroxylation is 1. The van der Waals surface area contributed by atoms with Crippen LogP contribution in [-0.4, -0.2) is 40.9 Å². The fourth-order valence-electron chi connectivity index (χ4n) is 2.68. The highest BCUT2D eigenvalue weighted by molar-refractivity contribution is 9.10. The van der Waals surface area contributed by atoms with E-state index in [1.165, 1.54) is 56.4 Å². The maximum absolute atomic E-state index is 11.7. The number of rotatable bonds is 7. The van der Waals surface area contributed by atoms with E-state index >= 15 is 0 Å². The fourth-order valence-corrected chi connectivity index (χ4v) is 3.18. The van der Waals surface area contributed by atoms with Crippen molar-refractivity contribution in [1.82, 2.24) is 14.7 Å². The Bertz CT molecular complexity index is 497. The van der Waals surface area contributed by atoms with Crippen molar-refractivity contribution in [2.75, 3.05) is 31.5 Å².